The van der Waals surface area contributed by atoms with Crippen molar-refractivity contribution >= 4 is 28.2 Å². The molecule has 1 aromatic rings. The fourth-order valence-corrected chi connectivity index (χ4v) is 2.71. The number of amides is 2. The molecule has 4 nitrogen and oxygen atoms in total. The van der Waals surface area contributed by atoms with Gasteiger partial charge < -0.3 is 10.6 Å². The highest BCUT2D eigenvalue weighted by atomic mass is 32.1. The quantitative estimate of drug-likeness (QED) is 0.781. The summed E-state index contributed by atoms with van der Waals surface area (Å²) >= 11 is 1.33. The average molecular weight is 310 g/mol. The van der Waals surface area contributed by atoms with Crippen molar-refractivity contribution in [2.24, 2.45) is 5.41 Å². The van der Waals surface area contributed by atoms with E-state index in [1.165, 1.54) is 11.3 Å². The zero-order valence-electron chi connectivity index (χ0n) is 13.6. The largest absolute Gasteiger partial charge is 0.351 e. The van der Waals surface area contributed by atoms with Crippen molar-refractivity contribution in [3.05, 3.63) is 16.5 Å². The lowest BCUT2D eigenvalue weighted by molar-refractivity contribution is -0.123. The van der Waals surface area contributed by atoms with E-state index in [9.17, 15) is 9.59 Å². The molecular weight excluding hydrogens is 284 g/mol. The van der Waals surface area contributed by atoms with E-state index in [0.717, 1.165) is 29.8 Å². The Morgan fingerprint density at radius 3 is 2.48 bits per heavy atom. The number of aryl methyl sites for hydroxylation is 1. The third-order valence-electron chi connectivity index (χ3n) is 3.11. The number of thiophene rings is 1. The van der Waals surface area contributed by atoms with E-state index in [-0.39, 0.29) is 11.8 Å². The molecule has 0 saturated carbocycles. The van der Waals surface area contributed by atoms with Crippen molar-refractivity contribution in [1.82, 2.24) is 5.32 Å². The summed E-state index contributed by atoms with van der Waals surface area (Å²) in [5.74, 6) is -0.0940. The minimum Gasteiger partial charge on any atom is -0.351 e. The molecule has 0 aliphatic rings. The molecule has 0 aliphatic carbocycles. The molecule has 1 aromatic heterocycles. The van der Waals surface area contributed by atoms with Crippen molar-refractivity contribution in [2.45, 2.75) is 53.9 Å². The van der Waals surface area contributed by atoms with Crippen LogP contribution < -0.4 is 10.6 Å². The van der Waals surface area contributed by atoms with Gasteiger partial charge in [-0.15, -0.1) is 11.3 Å². The molecule has 0 unspecified atom stereocenters. The Labute approximate surface area is 131 Å². The summed E-state index contributed by atoms with van der Waals surface area (Å²) in [6, 6.07) is 1.86. The number of hydrogen-bond donors (Lipinski definition) is 2. The summed E-state index contributed by atoms with van der Waals surface area (Å²) in [5.41, 5.74) is 0.456. The molecule has 2 amide bonds. The standard InChI is InChI=1S/C16H26N2O2S/c1-6-7-8-9-17-14(19)13-11(2)10-12(21-13)18-15(20)16(3,4)5/h10H,6-9H2,1-5H3,(H,17,19)(H,18,20). The van der Waals surface area contributed by atoms with Gasteiger partial charge in [-0.2, -0.15) is 0 Å². The van der Waals surface area contributed by atoms with Gasteiger partial charge in [0.25, 0.3) is 5.91 Å². The fraction of sp³-hybridized carbons (Fsp3) is 0.625. The van der Waals surface area contributed by atoms with Gasteiger partial charge in [-0.1, -0.05) is 40.5 Å². The molecule has 0 fully saturated rings. The summed E-state index contributed by atoms with van der Waals surface area (Å²) in [5, 5.41) is 6.53. The van der Waals surface area contributed by atoms with Gasteiger partial charge in [0.1, 0.15) is 0 Å². The first kappa shape index (κ1) is 17.7. The van der Waals surface area contributed by atoms with E-state index in [4.69, 9.17) is 0 Å². The monoisotopic (exact) mass is 310 g/mol. The van der Waals surface area contributed by atoms with Crippen LogP contribution in [-0.2, 0) is 4.79 Å². The Morgan fingerprint density at radius 2 is 1.90 bits per heavy atom. The number of rotatable bonds is 6. The Morgan fingerprint density at radius 1 is 1.24 bits per heavy atom. The summed E-state index contributed by atoms with van der Waals surface area (Å²) in [7, 11) is 0. The van der Waals surface area contributed by atoms with Crippen molar-refractivity contribution < 1.29 is 9.59 Å². The van der Waals surface area contributed by atoms with E-state index in [0.29, 0.717) is 11.4 Å². The Kier molecular flexibility index (Phi) is 6.40. The lowest BCUT2D eigenvalue weighted by Gasteiger charge is -2.16. The molecular formula is C16H26N2O2S. The Balaban J connectivity index is 2.65. The van der Waals surface area contributed by atoms with Gasteiger partial charge in [0.15, 0.2) is 0 Å². The molecule has 2 N–H and O–H groups in total. The van der Waals surface area contributed by atoms with Crippen LogP contribution in [0.3, 0.4) is 0 Å². The van der Waals surface area contributed by atoms with E-state index >= 15 is 0 Å². The molecule has 118 valence electrons. The first-order chi connectivity index (χ1) is 9.75. The number of anilines is 1. The van der Waals surface area contributed by atoms with Gasteiger partial charge in [0.05, 0.1) is 9.88 Å². The zero-order valence-corrected chi connectivity index (χ0v) is 14.4. The predicted octanol–water partition coefficient (Wildman–Crippen LogP) is 3.96. The molecule has 21 heavy (non-hydrogen) atoms. The van der Waals surface area contributed by atoms with E-state index in [1.807, 2.05) is 33.8 Å². The van der Waals surface area contributed by atoms with Gasteiger partial charge in [0.2, 0.25) is 5.91 Å². The maximum atomic E-state index is 12.1. The average Bonchev–Trinajstić information content (AvgIpc) is 2.74. The molecule has 0 aromatic carbocycles. The molecule has 1 rings (SSSR count). The van der Waals surface area contributed by atoms with E-state index in [2.05, 4.69) is 17.6 Å². The van der Waals surface area contributed by atoms with Crippen molar-refractivity contribution in [2.75, 3.05) is 11.9 Å². The van der Waals surface area contributed by atoms with Crippen LogP contribution in [0.2, 0.25) is 0 Å². The van der Waals surface area contributed by atoms with E-state index in [1.54, 1.807) is 0 Å². The summed E-state index contributed by atoms with van der Waals surface area (Å²) in [4.78, 5) is 24.8. The van der Waals surface area contributed by atoms with Crippen LogP contribution in [0.15, 0.2) is 6.07 Å². The summed E-state index contributed by atoms with van der Waals surface area (Å²) in [6.45, 7) is 10.3. The SMILES string of the molecule is CCCCCNC(=O)c1sc(NC(=O)C(C)(C)C)cc1C. The number of carbonyl (C=O) groups excluding carboxylic acids is 2. The van der Waals surface area contributed by atoms with Gasteiger partial charge >= 0.3 is 0 Å². The normalized spacial score (nSPS) is 11.3. The molecule has 0 atom stereocenters. The van der Waals surface area contributed by atoms with Gasteiger partial charge in [-0.3, -0.25) is 9.59 Å². The highest BCUT2D eigenvalue weighted by molar-refractivity contribution is 7.18. The lowest BCUT2D eigenvalue weighted by atomic mass is 9.96. The van der Waals surface area contributed by atoms with Crippen LogP contribution in [0, 0.1) is 12.3 Å². The second-order valence-corrected chi connectivity index (χ2v) is 7.34. The first-order valence-electron chi connectivity index (χ1n) is 7.45. The molecule has 1 heterocycles. The minimum absolute atomic E-state index is 0.0429. The van der Waals surface area contributed by atoms with Crippen LogP contribution in [0.5, 0.6) is 0 Å². The van der Waals surface area contributed by atoms with Gasteiger partial charge in [-0.25, -0.2) is 0 Å². The zero-order chi connectivity index (χ0) is 16.0. The van der Waals surface area contributed by atoms with E-state index < -0.39 is 5.41 Å². The molecule has 0 radical (unpaired) electrons. The second kappa shape index (κ2) is 7.59. The number of unbranched alkanes of at least 4 members (excludes halogenated alkanes) is 2. The van der Waals surface area contributed by atoms with Crippen molar-refractivity contribution in [3.8, 4) is 0 Å². The Bertz CT molecular complexity index is 501. The van der Waals surface area contributed by atoms with Crippen LogP contribution in [0.1, 0.15) is 62.2 Å². The van der Waals surface area contributed by atoms with Crippen LogP contribution >= 0.6 is 11.3 Å². The van der Waals surface area contributed by atoms with Gasteiger partial charge in [-0.05, 0) is 25.0 Å². The third kappa shape index (κ3) is 5.50. The van der Waals surface area contributed by atoms with Crippen molar-refractivity contribution in [1.29, 1.82) is 0 Å². The smallest absolute Gasteiger partial charge is 0.261 e. The first-order valence-corrected chi connectivity index (χ1v) is 8.27. The van der Waals surface area contributed by atoms with Gasteiger partial charge in [0, 0.05) is 12.0 Å². The second-order valence-electron chi connectivity index (χ2n) is 6.29. The summed E-state index contributed by atoms with van der Waals surface area (Å²) < 4.78 is 0. The predicted molar refractivity (Wildman–Crippen MR) is 89.0 cm³/mol. The lowest BCUT2D eigenvalue weighted by Crippen LogP contribution is -2.27. The minimum atomic E-state index is -0.444. The fourth-order valence-electron chi connectivity index (χ4n) is 1.73. The highest BCUT2D eigenvalue weighted by Crippen LogP contribution is 2.28. The number of carbonyl (C=O) groups is 2. The topological polar surface area (TPSA) is 58.2 Å². The van der Waals surface area contributed by atoms with Crippen LogP contribution in [-0.4, -0.2) is 18.4 Å². The molecule has 0 spiro atoms. The molecule has 5 heteroatoms. The third-order valence-corrected chi connectivity index (χ3v) is 4.26. The maximum absolute atomic E-state index is 12.1. The number of nitrogens with one attached hydrogen (secondary N) is 2. The maximum Gasteiger partial charge on any atom is 0.261 e. The molecule has 0 bridgehead atoms. The Hall–Kier alpha value is -1.36. The highest BCUT2D eigenvalue weighted by Gasteiger charge is 2.22. The molecule has 0 saturated heterocycles. The number of hydrogen-bond acceptors (Lipinski definition) is 3. The molecule has 0 aliphatic heterocycles. The van der Waals surface area contributed by atoms with Crippen LogP contribution in [0.25, 0.3) is 0 Å². The summed E-state index contributed by atoms with van der Waals surface area (Å²) in [6.07, 6.45) is 3.26. The van der Waals surface area contributed by atoms with Crippen molar-refractivity contribution in [3.63, 3.8) is 0 Å². The van der Waals surface area contributed by atoms with Crippen LogP contribution in [0.4, 0.5) is 5.00 Å².